The number of alkyl halides is 3. The normalized spacial score (nSPS) is 25.1. The minimum absolute atomic E-state index is 0.0822. The van der Waals surface area contributed by atoms with Crippen LogP contribution in [0.15, 0.2) is 48.5 Å². The molecule has 1 saturated heterocycles. The van der Waals surface area contributed by atoms with Crippen molar-refractivity contribution in [1.82, 2.24) is 0 Å². The molecule has 6 nitrogen and oxygen atoms in total. The fourth-order valence-electron chi connectivity index (χ4n) is 4.19. The first-order valence-corrected chi connectivity index (χ1v) is 11.7. The number of aromatic hydroxyl groups is 1. The van der Waals surface area contributed by atoms with Gasteiger partial charge >= 0.3 is 6.18 Å². The van der Waals surface area contributed by atoms with Crippen molar-refractivity contribution in [2.45, 2.75) is 56.6 Å². The lowest BCUT2D eigenvalue weighted by Crippen LogP contribution is -2.53. The first kappa shape index (κ1) is 25.6. The largest absolute Gasteiger partial charge is 0.508 e. The number of benzene rings is 2. The Bertz CT molecular complexity index is 1180. The molecule has 3 aromatic rings. The molecule has 0 amide bonds. The molecule has 1 fully saturated rings. The van der Waals surface area contributed by atoms with Crippen LogP contribution >= 0.6 is 11.3 Å². The molecule has 1 aliphatic rings. The molecule has 0 spiro atoms. The minimum Gasteiger partial charge on any atom is -0.508 e. The molecular formula is C25H25F3O6S. The molecule has 4 rings (SSSR count). The molecule has 2 aromatic carbocycles. The van der Waals surface area contributed by atoms with Crippen molar-refractivity contribution in [3.8, 4) is 16.2 Å². The Morgan fingerprint density at radius 2 is 1.60 bits per heavy atom. The van der Waals surface area contributed by atoms with Gasteiger partial charge in [-0.15, -0.1) is 11.3 Å². The van der Waals surface area contributed by atoms with Crippen LogP contribution in [0.4, 0.5) is 13.2 Å². The minimum atomic E-state index is -4.41. The SMILES string of the molecule is CC1O[C@@H](c2cc(Cc3ccc(-c4ccc(C(F)(F)F)cc4)s3)c(O)cc2CO)C(O)C(O)C1O. The lowest BCUT2D eigenvalue weighted by Gasteiger charge is -2.40. The molecule has 2 heterocycles. The van der Waals surface area contributed by atoms with Crippen molar-refractivity contribution in [1.29, 1.82) is 0 Å². The van der Waals surface area contributed by atoms with Crippen LogP contribution < -0.4 is 0 Å². The highest BCUT2D eigenvalue weighted by Crippen LogP contribution is 2.38. The Kier molecular flexibility index (Phi) is 7.23. The summed E-state index contributed by atoms with van der Waals surface area (Å²) >= 11 is 1.36. The highest BCUT2D eigenvalue weighted by Gasteiger charge is 2.43. The summed E-state index contributed by atoms with van der Waals surface area (Å²) in [6.45, 7) is 1.11. The van der Waals surface area contributed by atoms with Crippen LogP contribution in [0.2, 0.25) is 0 Å². The molecule has 4 unspecified atom stereocenters. The van der Waals surface area contributed by atoms with Gasteiger partial charge in [0.05, 0.1) is 18.3 Å². The van der Waals surface area contributed by atoms with Gasteiger partial charge in [-0.1, -0.05) is 12.1 Å². The molecule has 0 radical (unpaired) electrons. The number of hydrogen-bond donors (Lipinski definition) is 5. The molecule has 0 saturated carbocycles. The lowest BCUT2D eigenvalue weighted by atomic mass is 9.88. The molecule has 1 aliphatic heterocycles. The zero-order chi connectivity index (χ0) is 25.5. The van der Waals surface area contributed by atoms with E-state index < -0.39 is 48.9 Å². The average Bonchev–Trinajstić information content (AvgIpc) is 3.29. The van der Waals surface area contributed by atoms with E-state index in [0.29, 0.717) is 22.3 Å². The van der Waals surface area contributed by atoms with Crippen LogP contribution in [-0.4, -0.2) is 49.9 Å². The second kappa shape index (κ2) is 9.88. The zero-order valence-corrected chi connectivity index (χ0v) is 19.4. The van der Waals surface area contributed by atoms with E-state index >= 15 is 0 Å². The highest BCUT2D eigenvalue weighted by atomic mass is 32.1. The van der Waals surface area contributed by atoms with Crippen molar-refractivity contribution in [2.24, 2.45) is 0 Å². The molecule has 35 heavy (non-hydrogen) atoms. The van der Waals surface area contributed by atoms with Gasteiger partial charge in [0.2, 0.25) is 0 Å². The summed E-state index contributed by atoms with van der Waals surface area (Å²) in [5, 5.41) is 51.0. The summed E-state index contributed by atoms with van der Waals surface area (Å²) < 4.78 is 44.2. The van der Waals surface area contributed by atoms with E-state index in [-0.39, 0.29) is 12.2 Å². The van der Waals surface area contributed by atoms with Gasteiger partial charge in [0.25, 0.3) is 0 Å². The van der Waals surface area contributed by atoms with Crippen LogP contribution in [0.25, 0.3) is 10.4 Å². The summed E-state index contributed by atoms with van der Waals surface area (Å²) in [4.78, 5) is 1.59. The van der Waals surface area contributed by atoms with Crippen LogP contribution in [0.3, 0.4) is 0 Å². The molecule has 5 N–H and O–H groups in total. The molecule has 5 atom stereocenters. The first-order chi connectivity index (χ1) is 16.5. The van der Waals surface area contributed by atoms with Crippen LogP contribution in [-0.2, 0) is 23.9 Å². The summed E-state index contributed by atoms with van der Waals surface area (Å²) in [6.07, 6.45) is -10.1. The Balaban J connectivity index is 1.60. The Labute approximate surface area is 203 Å². The van der Waals surface area contributed by atoms with Gasteiger partial charge in [-0.05, 0) is 65.6 Å². The fourth-order valence-corrected chi connectivity index (χ4v) is 5.22. The number of phenolic OH excluding ortho intramolecular Hbond substituents is 1. The average molecular weight is 511 g/mol. The Morgan fingerprint density at radius 3 is 2.23 bits per heavy atom. The number of thiophene rings is 1. The topological polar surface area (TPSA) is 110 Å². The predicted octanol–water partition coefficient (Wildman–Crippen LogP) is 3.77. The maximum absolute atomic E-state index is 12.8. The molecule has 1 aromatic heterocycles. The Hall–Kier alpha value is -2.47. The van der Waals surface area contributed by atoms with Gasteiger partial charge in [0.15, 0.2) is 0 Å². The third-order valence-corrected chi connectivity index (χ3v) is 7.33. The van der Waals surface area contributed by atoms with E-state index in [9.17, 15) is 38.7 Å². The summed E-state index contributed by atoms with van der Waals surface area (Å²) in [5.74, 6) is -0.0822. The standard InChI is InChI=1S/C25H25F3O6S/c1-12-21(31)22(32)23(33)24(34-12)18-9-14(19(30)10-15(18)11-29)8-17-6-7-20(35-17)13-2-4-16(5-3-13)25(26,27)28/h2-7,9-10,12,21-24,29-33H,8,11H2,1H3/t12?,21?,22?,23?,24-/m0/s1. The molecule has 188 valence electrons. The lowest BCUT2D eigenvalue weighted by molar-refractivity contribution is -0.219. The van der Waals surface area contributed by atoms with Gasteiger partial charge in [0.1, 0.15) is 30.2 Å². The number of halogens is 3. The highest BCUT2D eigenvalue weighted by molar-refractivity contribution is 7.15. The zero-order valence-electron chi connectivity index (χ0n) is 18.6. The monoisotopic (exact) mass is 510 g/mol. The summed E-state index contributed by atoms with van der Waals surface area (Å²) in [5.41, 5.74) is 1.07. The van der Waals surface area contributed by atoms with Gasteiger partial charge < -0.3 is 30.3 Å². The van der Waals surface area contributed by atoms with Crippen molar-refractivity contribution < 1.29 is 43.4 Å². The molecule has 0 bridgehead atoms. The van der Waals surface area contributed by atoms with Gasteiger partial charge in [0, 0.05) is 16.2 Å². The van der Waals surface area contributed by atoms with Gasteiger partial charge in [-0.25, -0.2) is 0 Å². The fraction of sp³-hybridized carbons (Fsp3) is 0.360. The van der Waals surface area contributed by atoms with Crippen LogP contribution in [0.1, 0.15) is 40.2 Å². The quantitative estimate of drug-likeness (QED) is 0.358. The molecule has 10 heteroatoms. The van der Waals surface area contributed by atoms with Crippen molar-refractivity contribution in [3.05, 3.63) is 75.7 Å². The summed E-state index contributed by atoms with van der Waals surface area (Å²) in [6, 6.07) is 11.4. The second-order valence-corrected chi connectivity index (χ2v) is 9.76. The van der Waals surface area contributed by atoms with E-state index in [1.807, 2.05) is 6.07 Å². The van der Waals surface area contributed by atoms with E-state index in [2.05, 4.69) is 0 Å². The van der Waals surface area contributed by atoms with Crippen molar-refractivity contribution >= 4 is 11.3 Å². The second-order valence-electron chi connectivity index (χ2n) is 8.59. The van der Waals surface area contributed by atoms with Gasteiger partial charge in [-0.2, -0.15) is 13.2 Å². The van der Waals surface area contributed by atoms with Crippen molar-refractivity contribution in [3.63, 3.8) is 0 Å². The van der Waals surface area contributed by atoms with Crippen LogP contribution in [0.5, 0.6) is 5.75 Å². The molecule has 0 aliphatic carbocycles. The third kappa shape index (κ3) is 5.23. The number of hydrogen-bond acceptors (Lipinski definition) is 7. The maximum Gasteiger partial charge on any atom is 0.416 e. The number of ether oxygens (including phenoxy) is 1. The first-order valence-electron chi connectivity index (χ1n) is 10.9. The van der Waals surface area contributed by atoms with E-state index in [4.69, 9.17) is 4.74 Å². The number of rotatable bonds is 5. The van der Waals surface area contributed by atoms with E-state index in [0.717, 1.165) is 21.9 Å². The predicted molar refractivity (Wildman–Crippen MR) is 123 cm³/mol. The van der Waals surface area contributed by atoms with Crippen LogP contribution in [0, 0.1) is 0 Å². The summed E-state index contributed by atoms with van der Waals surface area (Å²) in [7, 11) is 0. The third-order valence-electron chi connectivity index (χ3n) is 6.19. The smallest absolute Gasteiger partial charge is 0.416 e. The number of aliphatic hydroxyl groups excluding tert-OH is 4. The van der Waals surface area contributed by atoms with E-state index in [1.165, 1.54) is 29.5 Å². The van der Waals surface area contributed by atoms with Gasteiger partial charge in [-0.3, -0.25) is 0 Å². The molecular weight excluding hydrogens is 485 g/mol. The number of phenols is 1. The maximum atomic E-state index is 12.8. The number of aliphatic hydroxyl groups is 4. The van der Waals surface area contributed by atoms with E-state index in [1.54, 1.807) is 19.1 Å². The Morgan fingerprint density at radius 1 is 0.914 bits per heavy atom. The van der Waals surface area contributed by atoms with Crippen molar-refractivity contribution in [2.75, 3.05) is 0 Å².